The summed E-state index contributed by atoms with van der Waals surface area (Å²) in [6.07, 6.45) is 2.42. The Balaban J connectivity index is 2.02. The van der Waals surface area contributed by atoms with Crippen LogP contribution in [0.1, 0.15) is 11.1 Å². The molecule has 1 aliphatic heterocycles. The van der Waals surface area contributed by atoms with Gasteiger partial charge in [0.05, 0.1) is 20.5 Å². The molecule has 2 aromatic rings. The maximum atomic E-state index is 12.0. The number of carbonyl (C=O) groups excluding carboxylic acids is 1. The van der Waals surface area contributed by atoms with Gasteiger partial charge in [-0.2, -0.15) is 0 Å². The quantitative estimate of drug-likeness (QED) is 0.492. The van der Waals surface area contributed by atoms with Gasteiger partial charge in [-0.15, -0.1) is 0 Å². The van der Waals surface area contributed by atoms with Crippen LogP contribution in [0.5, 0.6) is 0 Å². The lowest BCUT2D eigenvalue weighted by Gasteiger charge is -2.20. The van der Waals surface area contributed by atoms with Crippen LogP contribution in [0.4, 0.5) is 11.4 Å². The summed E-state index contributed by atoms with van der Waals surface area (Å²) in [6.45, 7) is 0.935. The van der Waals surface area contributed by atoms with Gasteiger partial charge in [0.15, 0.2) is 0 Å². The molecule has 0 saturated carbocycles. The summed E-state index contributed by atoms with van der Waals surface area (Å²) in [7, 11) is 2.89. The number of methoxy groups -OCH3 is 2. The fourth-order valence-corrected chi connectivity index (χ4v) is 2.88. The van der Waals surface area contributed by atoms with Gasteiger partial charge in [-0.3, -0.25) is 0 Å². The second kappa shape index (κ2) is 6.57. The van der Waals surface area contributed by atoms with E-state index in [9.17, 15) is 4.79 Å². The fourth-order valence-electron chi connectivity index (χ4n) is 2.88. The zero-order chi connectivity index (χ0) is 16.2. The highest BCUT2D eigenvalue weighted by atomic mass is 16.5. The normalized spacial score (nSPS) is 13.7. The van der Waals surface area contributed by atoms with Crippen LogP contribution in [0, 0.1) is 0 Å². The van der Waals surface area contributed by atoms with E-state index in [0.29, 0.717) is 5.57 Å². The van der Waals surface area contributed by atoms with E-state index >= 15 is 0 Å². The molecule has 0 unspecified atom stereocenters. The van der Waals surface area contributed by atoms with Crippen LogP contribution >= 0.6 is 0 Å². The van der Waals surface area contributed by atoms with Gasteiger partial charge in [-0.25, -0.2) is 4.79 Å². The van der Waals surface area contributed by atoms with Crippen LogP contribution in [0.2, 0.25) is 0 Å². The molecular weight excluding hydrogens is 290 g/mol. The van der Waals surface area contributed by atoms with Crippen molar-refractivity contribution in [1.29, 1.82) is 0 Å². The second-order valence-corrected chi connectivity index (χ2v) is 5.34. The summed E-state index contributed by atoms with van der Waals surface area (Å²) in [5.41, 5.74) is 4.76. The first-order valence-electron chi connectivity index (χ1n) is 7.51. The smallest absolute Gasteiger partial charge is 0.341 e. The van der Waals surface area contributed by atoms with Crippen LogP contribution in [-0.2, 0) is 20.7 Å². The van der Waals surface area contributed by atoms with E-state index in [-0.39, 0.29) is 0 Å². The third-order valence-electron chi connectivity index (χ3n) is 4.00. The molecule has 1 aliphatic rings. The number of carbonyl (C=O) groups is 1. The Bertz CT molecular complexity index is 738. The molecule has 0 bridgehead atoms. The average Bonchev–Trinajstić information content (AvgIpc) is 3.03. The fraction of sp³-hybridized carbons (Fsp3) is 0.211. The van der Waals surface area contributed by atoms with E-state index in [1.165, 1.54) is 26.0 Å². The van der Waals surface area contributed by atoms with Crippen molar-refractivity contribution >= 4 is 22.9 Å². The number of hydrogen-bond donors (Lipinski definition) is 0. The van der Waals surface area contributed by atoms with Gasteiger partial charge in [0.25, 0.3) is 0 Å². The number of ether oxygens (including phenoxy) is 2. The van der Waals surface area contributed by atoms with Crippen molar-refractivity contribution in [3.63, 3.8) is 0 Å². The molecule has 0 amide bonds. The highest BCUT2D eigenvalue weighted by Gasteiger charge is 2.22. The van der Waals surface area contributed by atoms with Gasteiger partial charge in [0, 0.05) is 17.9 Å². The Morgan fingerprint density at radius 1 is 1.13 bits per heavy atom. The Hall–Kier alpha value is -2.75. The summed E-state index contributed by atoms with van der Waals surface area (Å²) >= 11 is 0. The number of benzene rings is 2. The molecule has 0 atom stereocenters. The molecule has 2 aromatic carbocycles. The van der Waals surface area contributed by atoms with Crippen molar-refractivity contribution in [2.75, 3.05) is 25.7 Å². The first kappa shape index (κ1) is 15.2. The zero-order valence-corrected chi connectivity index (χ0v) is 13.3. The van der Waals surface area contributed by atoms with E-state index in [1.807, 2.05) is 30.3 Å². The lowest BCUT2D eigenvalue weighted by Crippen LogP contribution is -2.13. The maximum Gasteiger partial charge on any atom is 0.341 e. The van der Waals surface area contributed by atoms with Gasteiger partial charge in [-0.05, 0) is 35.7 Å². The molecule has 0 aromatic heterocycles. The van der Waals surface area contributed by atoms with Crippen LogP contribution in [-0.4, -0.2) is 26.7 Å². The number of esters is 1. The SMILES string of the molecule is CO/C=C(/C(=O)OC)c1ccc2c(c1)N(c1ccccc1)CC2. The molecule has 3 rings (SSSR count). The van der Waals surface area contributed by atoms with Gasteiger partial charge in [0.2, 0.25) is 0 Å². The van der Waals surface area contributed by atoms with Crippen LogP contribution in [0.3, 0.4) is 0 Å². The highest BCUT2D eigenvalue weighted by molar-refractivity contribution is 6.16. The third kappa shape index (κ3) is 2.93. The molecule has 0 saturated heterocycles. The van der Waals surface area contributed by atoms with E-state index in [4.69, 9.17) is 9.47 Å². The molecule has 0 fully saturated rings. The van der Waals surface area contributed by atoms with Crippen LogP contribution in [0.25, 0.3) is 5.57 Å². The Kier molecular flexibility index (Phi) is 4.33. The standard InChI is InChI=1S/C19H19NO3/c1-22-13-17(19(21)23-2)15-9-8-14-10-11-20(18(14)12-15)16-6-4-3-5-7-16/h3-9,12-13H,10-11H2,1-2H3/b17-13+. The number of hydrogen-bond acceptors (Lipinski definition) is 4. The molecular formula is C19H19NO3. The Morgan fingerprint density at radius 2 is 1.91 bits per heavy atom. The summed E-state index contributed by atoms with van der Waals surface area (Å²) in [5, 5.41) is 0. The van der Waals surface area contributed by atoms with E-state index < -0.39 is 5.97 Å². The molecule has 4 heteroatoms. The predicted octanol–water partition coefficient (Wildman–Crippen LogP) is 3.54. The number of nitrogens with zero attached hydrogens (tertiary/aromatic N) is 1. The summed E-state index contributed by atoms with van der Waals surface area (Å²) in [6, 6.07) is 16.3. The van der Waals surface area contributed by atoms with Crippen LogP contribution in [0.15, 0.2) is 54.8 Å². The summed E-state index contributed by atoms with van der Waals surface area (Å²) in [4.78, 5) is 14.2. The van der Waals surface area contributed by atoms with E-state index in [0.717, 1.165) is 29.9 Å². The average molecular weight is 309 g/mol. The summed E-state index contributed by atoms with van der Waals surface area (Å²) < 4.78 is 9.89. The van der Waals surface area contributed by atoms with Crippen molar-refractivity contribution in [2.24, 2.45) is 0 Å². The maximum absolute atomic E-state index is 12.0. The minimum Gasteiger partial charge on any atom is -0.503 e. The van der Waals surface area contributed by atoms with Gasteiger partial charge in [-0.1, -0.05) is 30.3 Å². The largest absolute Gasteiger partial charge is 0.503 e. The topological polar surface area (TPSA) is 38.8 Å². The first-order valence-corrected chi connectivity index (χ1v) is 7.51. The zero-order valence-electron chi connectivity index (χ0n) is 13.3. The number of anilines is 2. The highest BCUT2D eigenvalue weighted by Crippen LogP contribution is 2.36. The van der Waals surface area contributed by atoms with Crippen LogP contribution < -0.4 is 4.90 Å². The first-order chi connectivity index (χ1) is 11.2. The molecule has 4 nitrogen and oxygen atoms in total. The van der Waals surface area contributed by atoms with Crippen molar-refractivity contribution < 1.29 is 14.3 Å². The Labute approximate surface area is 135 Å². The molecule has 118 valence electrons. The van der Waals surface area contributed by atoms with Crippen molar-refractivity contribution in [2.45, 2.75) is 6.42 Å². The molecule has 0 aliphatic carbocycles. The Morgan fingerprint density at radius 3 is 2.61 bits per heavy atom. The molecule has 0 spiro atoms. The minimum absolute atomic E-state index is 0.406. The monoisotopic (exact) mass is 309 g/mol. The van der Waals surface area contributed by atoms with E-state index in [2.05, 4.69) is 23.1 Å². The lowest BCUT2D eigenvalue weighted by atomic mass is 10.0. The van der Waals surface area contributed by atoms with Gasteiger partial charge >= 0.3 is 5.97 Å². The van der Waals surface area contributed by atoms with Crippen molar-refractivity contribution in [3.8, 4) is 0 Å². The predicted molar refractivity (Wildman–Crippen MR) is 90.6 cm³/mol. The van der Waals surface area contributed by atoms with Crippen molar-refractivity contribution in [3.05, 3.63) is 65.9 Å². The lowest BCUT2D eigenvalue weighted by molar-refractivity contribution is -0.133. The minimum atomic E-state index is -0.406. The molecule has 1 heterocycles. The van der Waals surface area contributed by atoms with Crippen molar-refractivity contribution in [1.82, 2.24) is 0 Å². The van der Waals surface area contributed by atoms with Gasteiger partial charge in [0.1, 0.15) is 5.57 Å². The second-order valence-electron chi connectivity index (χ2n) is 5.34. The third-order valence-corrected chi connectivity index (χ3v) is 4.00. The molecule has 23 heavy (non-hydrogen) atoms. The number of para-hydroxylation sites is 1. The number of rotatable bonds is 4. The summed E-state index contributed by atoms with van der Waals surface area (Å²) in [5.74, 6) is -0.406. The van der Waals surface area contributed by atoms with E-state index in [1.54, 1.807) is 0 Å². The number of fused-ring (bicyclic) bond motifs is 1. The molecule has 0 radical (unpaired) electrons. The molecule has 0 N–H and O–H groups in total. The van der Waals surface area contributed by atoms with Gasteiger partial charge < -0.3 is 14.4 Å².